The van der Waals surface area contributed by atoms with Crippen LogP contribution in [0.2, 0.25) is 0 Å². The Morgan fingerprint density at radius 1 is 1.19 bits per heavy atom. The van der Waals surface area contributed by atoms with Crippen LogP contribution in [0, 0.1) is 5.92 Å². The monoisotopic (exact) mass is 449 g/mol. The molecular formula is C22H28ClN3O5. The van der Waals surface area contributed by atoms with Crippen molar-refractivity contribution in [2.24, 2.45) is 11.1 Å². The molecule has 0 unspecified atom stereocenters. The highest BCUT2D eigenvalue weighted by molar-refractivity contribution is 6.35. The number of hydrogen-bond acceptors (Lipinski definition) is 8. The lowest BCUT2D eigenvalue weighted by Gasteiger charge is -2.31. The Labute approximate surface area is 188 Å². The highest BCUT2D eigenvalue weighted by atomic mass is 35.5. The Morgan fingerprint density at radius 3 is 2.55 bits per heavy atom. The molecule has 31 heavy (non-hydrogen) atoms. The van der Waals surface area contributed by atoms with Gasteiger partial charge >= 0.3 is 0 Å². The van der Waals surface area contributed by atoms with Crippen molar-refractivity contribution in [2.45, 2.75) is 19.4 Å². The molecule has 2 aromatic rings. The lowest BCUT2D eigenvalue weighted by Crippen LogP contribution is -2.35. The molecule has 0 aliphatic carbocycles. The highest BCUT2D eigenvalue weighted by Gasteiger charge is 2.20. The maximum atomic E-state index is 11.6. The number of halogens is 1. The Bertz CT molecular complexity index is 868. The van der Waals surface area contributed by atoms with Gasteiger partial charge in [-0.05, 0) is 55.6 Å². The molecule has 1 fully saturated rings. The Morgan fingerprint density at radius 2 is 1.94 bits per heavy atom. The molecule has 1 aromatic heterocycles. The number of benzene rings is 1. The van der Waals surface area contributed by atoms with E-state index in [1.807, 2.05) is 12.1 Å². The van der Waals surface area contributed by atoms with Gasteiger partial charge in [0, 0.05) is 24.4 Å². The largest absolute Gasteiger partial charge is 0.493 e. The van der Waals surface area contributed by atoms with Gasteiger partial charge in [-0.2, -0.15) is 0 Å². The number of ketones is 1. The molecule has 1 aromatic carbocycles. The number of piperidine rings is 1. The van der Waals surface area contributed by atoms with E-state index in [0.29, 0.717) is 24.0 Å². The molecule has 0 atom stereocenters. The van der Waals surface area contributed by atoms with Crippen LogP contribution in [-0.2, 0) is 6.54 Å². The maximum absolute atomic E-state index is 11.6. The molecule has 1 aliphatic rings. The van der Waals surface area contributed by atoms with Crippen molar-refractivity contribution < 1.29 is 24.2 Å². The number of ether oxygens (including phenoxy) is 3. The average Bonchev–Trinajstić information content (AvgIpc) is 2.79. The number of aromatic nitrogens is 1. The first kappa shape index (κ1) is 24.4. The van der Waals surface area contributed by atoms with Crippen molar-refractivity contribution in [3.05, 3.63) is 47.7 Å². The summed E-state index contributed by atoms with van der Waals surface area (Å²) in [5.41, 5.74) is 1.55. The van der Waals surface area contributed by atoms with Gasteiger partial charge in [-0.1, -0.05) is 11.2 Å². The molecule has 0 spiro atoms. The molecule has 1 aliphatic heterocycles. The third-order valence-electron chi connectivity index (χ3n) is 5.22. The summed E-state index contributed by atoms with van der Waals surface area (Å²) < 4.78 is 16.5. The smallest absolute Gasteiger partial charge is 0.213 e. The molecule has 8 nitrogen and oxygen atoms in total. The summed E-state index contributed by atoms with van der Waals surface area (Å²) in [7, 11) is 3.29. The van der Waals surface area contributed by atoms with Crippen molar-refractivity contribution in [3.8, 4) is 17.4 Å². The standard InChI is InChI=1S/C22H27N3O5.ClH/c1-28-20-5-3-17(11-21(20)29-2)14-25-9-7-16(8-10-25)15-30-22-6-4-18(12-23-22)19(26)13-24-27;/h3-6,11-13,16,27H,7-10,14-15H2,1-2H3;1H. The van der Waals surface area contributed by atoms with Gasteiger partial charge in [0.25, 0.3) is 0 Å². The highest BCUT2D eigenvalue weighted by Crippen LogP contribution is 2.29. The molecule has 168 valence electrons. The zero-order chi connectivity index (χ0) is 21.3. The van der Waals surface area contributed by atoms with Gasteiger partial charge in [0.05, 0.1) is 20.8 Å². The molecule has 0 saturated carbocycles. The minimum Gasteiger partial charge on any atom is -0.493 e. The molecular weight excluding hydrogens is 422 g/mol. The molecule has 1 saturated heterocycles. The van der Waals surface area contributed by atoms with Gasteiger partial charge < -0.3 is 19.4 Å². The number of rotatable bonds is 9. The molecule has 1 N–H and O–H groups in total. The summed E-state index contributed by atoms with van der Waals surface area (Å²) >= 11 is 0. The SMILES string of the molecule is COc1ccc(CN2CCC(COc3ccc(C(=O)C=NO)cn3)CC2)cc1OC.Cl. The Balaban J connectivity index is 0.00000341. The number of nitrogens with zero attached hydrogens (tertiary/aromatic N) is 3. The fraction of sp³-hybridized carbons (Fsp3) is 0.409. The minimum absolute atomic E-state index is 0. The molecule has 3 rings (SSSR count). The van der Waals surface area contributed by atoms with Crippen LogP contribution in [0.25, 0.3) is 0 Å². The van der Waals surface area contributed by atoms with E-state index in [9.17, 15) is 4.79 Å². The van der Waals surface area contributed by atoms with E-state index in [1.54, 1.807) is 26.4 Å². The second-order valence-electron chi connectivity index (χ2n) is 7.21. The second-order valence-corrected chi connectivity index (χ2v) is 7.21. The normalized spacial score (nSPS) is 14.8. The van der Waals surface area contributed by atoms with Crippen LogP contribution in [0.3, 0.4) is 0 Å². The van der Waals surface area contributed by atoms with Crippen LogP contribution in [0.1, 0.15) is 28.8 Å². The molecule has 0 bridgehead atoms. The quantitative estimate of drug-likeness (QED) is 0.271. The van der Waals surface area contributed by atoms with Crippen LogP contribution in [-0.4, -0.2) is 61.0 Å². The molecule has 2 heterocycles. The first-order valence-electron chi connectivity index (χ1n) is 9.86. The van der Waals surface area contributed by atoms with Crippen molar-refractivity contribution in [1.82, 2.24) is 9.88 Å². The number of pyridine rings is 1. The van der Waals surface area contributed by atoms with E-state index in [2.05, 4.69) is 21.1 Å². The van der Waals surface area contributed by atoms with Crippen molar-refractivity contribution >= 4 is 24.4 Å². The third-order valence-corrected chi connectivity index (χ3v) is 5.22. The topological polar surface area (TPSA) is 93.5 Å². The van der Waals surface area contributed by atoms with E-state index in [-0.39, 0.29) is 12.4 Å². The van der Waals surface area contributed by atoms with Crippen LogP contribution < -0.4 is 14.2 Å². The van der Waals surface area contributed by atoms with Crippen LogP contribution in [0.15, 0.2) is 41.7 Å². The lowest BCUT2D eigenvalue weighted by atomic mass is 9.97. The number of hydrogen-bond donors (Lipinski definition) is 1. The average molecular weight is 450 g/mol. The summed E-state index contributed by atoms with van der Waals surface area (Å²) in [5.74, 6) is 2.04. The second kappa shape index (κ2) is 12.1. The van der Waals surface area contributed by atoms with Gasteiger partial charge in [-0.25, -0.2) is 4.98 Å². The maximum Gasteiger partial charge on any atom is 0.213 e. The summed E-state index contributed by atoms with van der Waals surface area (Å²) in [6.07, 6.45) is 4.37. The van der Waals surface area contributed by atoms with E-state index in [1.165, 1.54) is 11.8 Å². The van der Waals surface area contributed by atoms with Crippen molar-refractivity contribution in [1.29, 1.82) is 0 Å². The van der Waals surface area contributed by atoms with Gasteiger partial charge in [0.2, 0.25) is 11.7 Å². The van der Waals surface area contributed by atoms with E-state index in [0.717, 1.165) is 50.2 Å². The Kier molecular flexibility index (Phi) is 9.55. The van der Waals surface area contributed by atoms with Crippen LogP contribution in [0.5, 0.6) is 17.4 Å². The lowest BCUT2D eigenvalue weighted by molar-refractivity contribution is 0.106. The van der Waals surface area contributed by atoms with Gasteiger partial charge in [0.15, 0.2) is 11.5 Å². The predicted molar refractivity (Wildman–Crippen MR) is 119 cm³/mol. The van der Waals surface area contributed by atoms with Crippen LogP contribution >= 0.6 is 12.4 Å². The number of Topliss-reactive ketones (excluding diaryl/α,β-unsaturated/α-hetero) is 1. The fourth-order valence-corrected chi connectivity index (χ4v) is 3.49. The number of oxime groups is 1. The molecule has 0 radical (unpaired) electrons. The van der Waals surface area contributed by atoms with Gasteiger partial charge in [-0.3, -0.25) is 9.69 Å². The van der Waals surface area contributed by atoms with E-state index >= 15 is 0 Å². The summed E-state index contributed by atoms with van der Waals surface area (Å²) in [4.78, 5) is 18.2. The predicted octanol–water partition coefficient (Wildman–Crippen LogP) is 3.45. The first-order valence-corrected chi connectivity index (χ1v) is 9.86. The van der Waals surface area contributed by atoms with Crippen molar-refractivity contribution in [3.63, 3.8) is 0 Å². The van der Waals surface area contributed by atoms with Gasteiger partial charge in [0.1, 0.15) is 6.21 Å². The number of likely N-dealkylation sites (tertiary alicyclic amines) is 1. The summed E-state index contributed by atoms with van der Waals surface area (Å²) in [6.45, 7) is 3.48. The first-order chi connectivity index (χ1) is 14.6. The summed E-state index contributed by atoms with van der Waals surface area (Å²) in [6, 6.07) is 9.31. The van der Waals surface area contributed by atoms with E-state index in [4.69, 9.17) is 19.4 Å². The molecule has 9 heteroatoms. The van der Waals surface area contributed by atoms with Crippen molar-refractivity contribution in [2.75, 3.05) is 33.9 Å². The zero-order valence-electron chi connectivity index (χ0n) is 17.7. The van der Waals surface area contributed by atoms with E-state index < -0.39 is 5.78 Å². The zero-order valence-corrected chi connectivity index (χ0v) is 18.5. The number of carbonyl (C=O) groups is 1. The number of methoxy groups -OCH3 is 2. The molecule has 0 amide bonds. The third kappa shape index (κ3) is 6.83. The van der Waals surface area contributed by atoms with Gasteiger partial charge in [-0.15, -0.1) is 12.4 Å². The summed E-state index contributed by atoms with van der Waals surface area (Å²) in [5, 5.41) is 11.1. The number of carbonyl (C=O) groups excluding carboxylic acids is 1. The fourth-order valence-electron chi connectivity index (χ4n) is 3.49. The van der Waals surface area contributed by atoms with Crippen LogP contribution in [0.4, 0.5) is 0 Å². The minimum atomic E-state index is -0.404. The Hall–Kier alpha value is -2.84.